The molecule has 136 valence electrons. The minimum atomic E-state index is -0.366. The fraction of sp³-hybridized carbons (Fsp3) is 0.412. The van der Waals surface area contributed by atoms with Gasteiger partial charge >= 0.3 is 0 Å². The number of hydrogen-bond donors (Lipinski definition) is 1. The third kappa shape index (κ3) is 4.91. The Morgan fingerprint density at radius 1 is 1.36 bits per heavy atom. The third-order valence-electron chi connectivity index (χ3n) is 3.80. The average molecular weight is 402 g/mol. The van der Waals surface area contributed by atoms with Crippen LogP contribution in [0.5, 0.6) is 0 Å². The van der Waals surface area contributed by atoms with Crippen LogP contribution >= 0.6 is 35.0 Å². The summed E-state index contributed by atoms with van der Waals surface area (Å²) in [5.74, 6) is -0.184. The number of imidazole rings is 1. The van der Waals surface area contributed by atoms with E-state index in [1.807, 2.05) is 20.8 Å². The van der Waals surface area contributed by atoms with Crippen molar-refractivity contribution in [3.8, 4) is 0 Å². The van der Waals surface area contributed by atoms with Gasteiger partial charge in [-0.25, -0.2) is 4.98 Å². The monoisotopic (exact) mass is 401 g/mol. The molecule has 1 aromatic heterocycles. The number of halogens is 2. The van der Waals surface area contributed by atoms with Crippen molar-refractivity contribution in [3.05, 3.63) is 39.6 Å². The van der Waals surface area contributed by atoms with Crippen LogP contribution in [-0.2, 0) is 16.1 Å². The first-order valence-corrected chi connectivity index (χ1v) is 9.43. The summed E-state index contributed by atoms with van der Waals surface area (Å²) in [5, 5.41) is 4.04. The summed E-state index contributed by atoms with van der Waals surface area (Å²) >= 11 is 13.6. The van der Waals surface area contributed by atoms with Gasteiger partial charge in [-0.3, -0.25) is 4.79 Å². The summed E-state index contributed by atoms with van der Waals surface area (Å²) < 4.78 is 7.22. The number of ether oxygens (including phenoxy) is 1. The van der Waals surface area contributed by atoms with Gasteiger partial charge in [0.15, 0.2) is 5.16 Å². The maximum absolute atomic E-state index is 12.5. The van der Waals surface area contributed by atoms with Gasteiger partial charge in [-0.15, -0.1) is 0 Å². The molecule has 1 aromatic carbocycles. The van der Waals surface area contributed by atoms with Crippen molar-refractivity contribution >= 4 is 46.6 Å². The molecule has 0 saturated heterocycles. The van der Waals surface area contributed by atoms with E-state index in [1.54, 1.807) is 25.3 Å². The van der Waals surface area contributed by atoms with Crippen molar-refractivity contribution in [3.63, 3.8) is 0 Å². The van der Waals surface area contributed by atoms with Gasteiger partial charge in [-0.1, -0.05) is 41.0 Å². The molecule has 0 radical (unpaired) electrons. The van der Waals surface area contributed by atoms with E-state index in [0.29, 0.717) is 28.9 Å². The highest BCUT2D eigenvalue weighted by molar-refractivity contribution is 8.00. The molecule has 8 heteroatoms. The van der Waals surface area contributed by atoms with Crippen LogP contribution in [-0.4, -0.2) is 34.4 Å². The Morgan fingerprint density at radius 2 is 2.00 bits per heavy atom. The summed E-state index contributed by atoms with van der Waals surface area (Å²) in [6, 6.07) is 5.10. The minimum absolute atomic E-state index is 0.184. The number of methoxy groups -OCH3 is 1. The zero-order chi connectivity index (χ0) is 18.6. The predicted octanol–water partition coefficient (Wildman–Crippen LogP) is 4.57. The Labute approximate surface area is 162 Å². The molecule has 2 rings (SSSR count). The van der Waals surface area contributed by atoms with E-state index in [1.165, 1.54) is 11.8 Å². The van der Waals surface area contributed by atoms with Gasteiger partial charge in [0, 0.05) is 19.3 Å². The van der Waals surface area contributed by atoms with E-state index in [2.05, 4.69) is 14.9 Å². The Bertz CT molecular complexity index is 744. The zero-order valence-corrected chi connectivity index (χ0v) is 16.9. The lowest BCUT2D eigenvalue weighted by Gasteiger charge is -2.15. The molecule has 1 amide bonds. The van der Waals surface area contributed by atoms with Gasteiger partial charge < -0.3 is 14.6 Å². The van der Waals surface area contributed by atoms with Crippen LogP contribution in [0.25, 0.3) is 0 Å². The summed E-state index contributed by atoms with van der Waals surface area (Å²) in [6.45, 7) is 7.06. The van der Waals surface area contributed by atoms with E-state index in [-0.39, 0.29) is 11.2 Å². The Kier molecular flexibility index (Phi) is 7.19. The summed E-state index contributed by atoms with van der Waals surface area (Å²) in [5.41, 5.74) is 2.44. The number of aryl methyl sites for hydroxylation is 1. The number of thioether (sulfide) groups is 1. The number of rotatable bonds is 7. The quantitative estimate of drug-likeness (QED) is 0.690. The summed E-state index contributed by atoms with van der Waals surface area (Å²) in [6.07, 6.45) is 0. The number of hydrogen-bond acceptors (Lipinski definition) is 4. The second kappa shape index (κ2) is 8.94. The molecule has 1 N–H and O–H groups in total. The molecule has 0 aliphatic rings. The van der Waals surface area contributed by atoms with E-state index in [0.717, 1.165) is 16.5 Å². The fourth-order valence-electron chi connectivity index (χ4n) is 2.21. The fourth-order valence-corrected chi connectivity index (χ4v) is 3.73. The number of carbonyl (C=O) groups is 1. The highest BCUT2D eigenvalue weighted by Crippen LogP contribution is 2.31. The van der Waals surface area contributed by atoms with Gasteiger partial charge in [0.2, 0.25) is 5.91 Å². The molecule has 1 unspecified atom stereocenters. The molecule has 0 fully saturated rings. The third-order valence-corrected chi connectivity index (χ3v) is 5.52. The van der Waals surface area contributed by atoms with Crippen LogP contribution in [0.1, 0.15) is 18.3 Å². The number of aromatic nitrogens is 2. The molecule has 0 bridgehead atoms. The Morgan fingerprint density at radius 3 is 2.60 bits per heavy atom. The maximum atomic E-state index is 12.5. The first-order chi connectivity index (χ1) is 11.8. The number of amides is 1. The molecule has 0 aliphatic heterocycles. The highest BCUT2D eigenvalue weighted by atomic mass is 35.5. The lowest BCUT2D eigenvalue weighted by atomic mass is 10.3. The standard InChI is InChI=1S/C17H21Cl2N3O2S/c1-10-11(2)22(8-9-24-4)17(20-10)25-12(3)16(23)21-15-13(18)6-5-7-14(15)19/h5-7,12H,8-9H2,1-4H3,(H,21,23). The normalized spacial score (nSPS) is 12.2. The van der Waals surface area contributed by atoms with Gasteiger partial charge in [-0.05, 0) is 32.9 Å². The number of nitrogens with zero attached hydrogens (tertiary/aromatic N) is 2. The first-order valence-electron chi connectivity index (χ1n) is 7.79. The van der Waals surface area contributed by atoms with Crippen LogP contribution in [0.4, 0.5) is 5.69 Å². The van der Waals surface area contributed by atoms with Crippen LogP contribution in [0, 0.1) is 13.8 Å². The van der Waals surface area contributed by atoms with Crippen molar-refractivity contribution < 1.29 is 9.53 Å². The van der Waals surface area contributed by atoms with Gasteiger partial charge in [0.25, 0.3) is 0 Å². The molecular formula is C17H21Cl2N3O2S. The lowest BCUT2D eigenvalue weighted by molar-refractivity contribution is -0.115. The molecule has 1 heterocycles. The molecule has 0 saturated carbocycles. The summed E-state index contributed by atoms with van der Waals surface area (Å²) in [7, 11) is 1.66. The molecule has 5 nitrogen and oxygen atoms in total. The molecular weight excluding hydrogens is 381 g/mol. The second-order valence-corrected chi connectivity index (χ2v) is 7.68. The van der Waals surface area contributed by atoms with E-state index in [4.69, 9.17) is 27.9 Å². The second-order valence-electron chi connectivity index (χ2n) is 5.56. The lowest BCUT2D eigenvalue weighted by Crippen LogP contribution is -2.23. The van der Waals surface area contributed by atoms with Crippen molar-refractivity contribution in [2.75, 3.05) is 19.0 Å². The van der Waals surface area contributed by atoms with E-state index >= 15 is 0 Å². The largest absolute Gasteiger partial charge is 0.383 e. The summed E-state index contributed by atoms with van der Waals surface area (Å²) in [4.78, 5) is 17.1. The highest BCUT2D eigenvalue weighted by Gasteiger charge is 2.21. The maximum Gasteiger partial charge on any atom is 0.237 e. The van der Waals surface area contributed by atoms with Crippen LogP contribution in [0.3, 0.4) is 0 Å². The molecule has 1 atom stereocenters. The van der Waals surface area contributed by atoms with E-state index in [9.17, 15) is 4.79 Å². The number of benzene rings is 1. The van der Waals surface area contributed by atoms with Crippen molar-refractivity contribution in [1.29, 1.82) is 0 Å². The molecule has 0 spiro atoms. The van der Waals surface area contributed by atoms with Gasteiger partial charge in [0.05, 0.1) is 33.3 Å². The van der Waals surface area contributed by atoms with Crippen LogP contribution < -0.4 is 5.32 Å². The smallest absolute Gasteiger partial charge is 0.237 e. The van der Waals surface area contributed by atoms with Gasteiger partial charge in [0.1, 0.15) is 0 Å². The molecule has 25 heavy (non-hydrogen) atoms. The number of anilines is 1. The SMILES string of the molecule is COCCn1c(SC(C)C(=O)Nc2c(Cl)cccc2Cl)nc(C)c1C. The topological polar surface area (TPSA) is 56.1 Å². The molecule has 0 aliphatic carbocycles. The predicted molar refractivity (Wildman–Crippen MR) is 104 cm³/mol. The average Bonchev–Trinajstić information content (AvgIpc) is 2.83. The first kappa shape index (κ1) is 20.1. The Balaban J connectivity index is 2.12. The number of nitrogens with one attached hydrogen (secondary N) is 1. The number of carbonyl (C=O) groups excluding carboxylic acids is 1. The van der Waals surface area contributed by atoms with Crippen molar-refractivity contribution in [1.82, 2.24) is 9.55 Å². The van der Waals surface area contributed by atoms with Gasteiger partial charge in [-0.2, -0.15) is 0 Å². The zero-order valence-electron chi connectivity index (χ0n) is 14.6. The Hall–Kier alpha value is -1.21. The van der Waals surface area contributed by atoms with Crippen LogP contribution in [0.2, 0.25) is 10.0 Å². The number of para-hydroxylation sites is 1. The molecule has 2 aromatic rings. The van der Waals surface area contributed by atoms with Crippen LogP contribution in [0.15, 0.2) is 23.4 Å². The van der Waals surface area contributed by atoms with Crippen molar-refractivity contribution in [2.45, 2.75) is 37.7 Å². The van der Waals surface area contributed by atoms with E-state index < -0.39 is 0 Å². The minimum Gasteiger partial charge on any atom is -0.383 e. The van der Waals surface area contributed by atoms with Crippen molar-refractivity contribution in [2.24, 2.45) is 0 Å².